The minimum atomic E-state index is 0.199. The summed E-state index contributed by atoms with van der Waals surface area (Å²) in [6.45, 7) is 4.61. The van der Waals surface area contributed by atoms with Crippen molar-refractivity contribution in [1.82, 2.24) is 5.32 Å². The molecule has 3 heteroatoms. The zero-order valence-electron chi connectivity index (χ0n) is 8.95. The topological polar surface area (TPSA) is 29.1 Å². The van der Waals surface area contributed by atoms with Gasteiger partial charge in [-0.2, -0.15) is 0 Å². The Morgan fingerprint density at radius 1 is 1.43 bits per heavy atom. The minimum absolute atomic E-state index is 0.199. The van der Waals surface area contributed by atoms with Crippen molar-refractivity contribution in [2.45, 2.75) is 50.8 Å². The maximum absolute atomic E-state index is 11.3. The summed E-state index contributed by atoms with van der Waals surface area (Å²) >= 11 is 1.53. The predicted octanol–water partition coefficient (Wildman–Crippen LogP) is 3.03. The molecular weight excluding hydrogens is 194 g/mol. The number of fused-ring (bicyclic) bond motifs is 1. The van der Waals surface area contributed by atoms with E-state index in [1.807, 2.05) is 0 Å². The van der Waals surface area contributed by atoms with Gasteiger partial charge >= 0.3 is 0 Å². The van der Waals surface area contributed by atoms with E-state index < -0.39 is 0 Å². The number of thioether (sulfide) groups is 1. The third kappa shape index (κ3) is 2.08. The Morgan fingerprint density at radius 2 is 2.21 bits per heavy atom. The Hall–Kier alpha value is -0.180. The fourth-order valence-electron chi connectivity index (χ4n) is 2.59. The zero-order chi connectivity index (χ0) is 10.1. The van der Waals surface area contributed by atoms with Crippen molar-refractivity contribution in [3.8, 4) is 0 Å². The van der Waals surface area contributed by atoms with Crippen LogP contribution in [0.1, 0.15) is 39.5 Å². The summed E-state index contributed by atoms with van der Waals surface area (Å²) in [4.78, 5) is 11.3. The molecule has 0 bridgehead atoms. The molecule has 2 nitrogen and oxygen atoms in total. The Balaban J connectivity index is 2.01. The van der Waals surface area contributed by atoms with Gasteiger partial charge in [0.1, 0.15) is 0 Å². The first-order valence-corrected chi connectivity index (χ1v) is 6.52. The van der Waals surface area contributed by atoms with Crippen LogP contribution in [0.5, 0.6) is 0 Å². The number of hydrogen-bond acceptors (Lipinski definition) is 2. The normalized spacial score (nSPS) is 37.9. The standard InChI is InChI=1S/C11H19NOS/c1-7(2)8-4-3-5-9-10(6-8)14-11(13)12-9/h7-10H,3-6H2,1-2H3,(H,12,13). The quantitative estimate of drug-likeness (QED) is 0.725. The fourth-order valence-corrected chi connectivity index (χ4v) is 3.80. The Labute approximate surface area is 90.2 Å². The third-order valence-corrected chi connectivity index (χ3v) is 4.73. The highest BCUT2D eigenvalue weighted by Gasteiger charge is 2.37. The number of amides is 1. The second-order valence-corrected chi connectivity index (χ2v) is 6.08. The van der Waals surface area contributed by atoms with Crippen molar-refractivity contribution in [2.75, 3.05) is 0 Å². The second-order valence-electron chi connectivity index (χ2n) is 4.87. The molecule has 2 fully saturated rings. The maximum Gasteiger partial charge on any atom is 0.279 e. The summed E-state index contributed by atoms with van der Waals surface area (Å²) < 4.78 is 0. The van der Waals surface area contributed by atoms with Gasteiger partial charge in [-0.1, -0.05) is 38.5 Å². The Kier molecular flexibility index (Phi) is 3.05. The number of carbonyl (C=O) groups excluding carboxylic acids is 1. The van der Waals surface area contributed by atoms with E-state index in [1.165, 1.54) is 37.4 Å². The monoisotopic (exact) mass is 213 g/mol. The molecule has 0 aromatic heterocycles. The second kappa shape index (κ2) is 4.13. The smallest absolute Gasteiger partial charge is 0.279 e. The van der Waals surface area contributed by atoms with Crippen molar-refractivity contribution in [2.24, 2.45) is 11.8 Å². The molecule has 0 aromatic carbocycles. The van der Waals surface area contributed by atoms with Gasteiger partial charge in [0.15, 0.2) is 0 Å². The molecule has 0 aromatic rings. The lowest BCUT2D eigenvalue weighted by molar-refractivity contribution is 0.259. The van der Waals surface area contributed by atoms with Crippen molar-refractivity contribution in [3.05, 3.63) is 0 Å². The van der Waals surface area contributed by atoms with E-state index in [0.29, 0.717) is 11.3 Å². The van der Waals surface area contributed by atoms with Gasteiger partial charge in [0.05, 0.1) is 0 Å². The summed E-state index contributed by atoms with van der Waals surface area (Å²) in [5, 5.41) is 3.83. The molecule has 1 heterocycles. The van der Waals surface area contributed by atoms with Crippen LogP contribution in [0.4, 0.5) is 4.79 Å². The summed E-state index contributed by atoms with van der Waals surface area (Å²) in [6.07, 6.45) is 5.05. The van der Waals surface area contributed by atoms with Crippen LogP contribution in [-0.2, 0) is 0 Å². The number of nitrogens with one attached hydrogen (secondary N) is 1. The fraction of sp³-hybridized carbons (Fsp3) is 0.909. The molecule has 2 rings (SSSR count). The molecule has 3 atom stereocenters. The van der Waals surface area contributed by atoms with Crippen LogP contribution in [0.25, 0.3) is 0 Å². The van der Waals surface area contributed by atoms with E-state index in [-0.39, 0.29) is 5.24 Å². The lowest BCUT2D eigenvalue weighted by Crippen LogP contribution is -2.30. The molecule has 1 N–H and O–H groups in total. The number of carbonyl (C=O) groups is 1. The van der Waals surface area contributed by atoms with E-state index in [9.17, 15) is 4.79 Å². The first-order valence-electron chi connectivity index (χ1n) is 5.64. The first kappa shape index (κ1) is 10.3. The summed E-state index contributed by atoms with van der Waals surface area (Å²) in [7, 11) is 0. The lowest BCUT2D eigenvalue weighted by atomic mass is 9.89. The molecule has 1 aliphatic heterocycles. The molecule has 14 heavy (non-hydrogen) atoms. The predicted molar refractivity (Wildman–Crippen MR) is 60.5 cm³/mol. The molecule has 3 unspecified atom stereocenters. The minimum Gasteiger partial charge on any atom is -0.343 e. The molecular formula is C11H19NOS. The van der Waals surface area contributed by atoms with E-state index in [4.69, 9.17) is 0 Å². The van der Waals surface area contributed by atoms with Gasteiger partial charge in [0, 0.05) is 11.3 Å². The SMILES string of the molecule is CC(C)C1CCCC2NC(=O)SC2C1. The van der Waals surface area contributed by atoms with Crippen molar-refractivity contribution < 1.29 is 4.79 Å². The zero-order valence-corrected chi connectivity index (χ0v) is 9.77. The molecule has 0 radical (unpaired) electrons. The van der Waals surface area contributed by atoms with Crippen LogP contribution < -0.4 is 5.32 Å². The molecule has 1 saturated carbocycles. The van der Waals surface area contributed by atoms with Crippen LogP contribution >= 0.6 is 11.8 Å². The van der Waals surface area contributed by atoms with Crippen LogP contribution in [0.15, 0.2) is 0 Å². The lowest BCUT2D eigenvalue weighted by Gasteiger charge is -2.21. The largest absolute Gasteiger partial charge is 0.343 e. The van der Waals surface area contributed by atoms with Crippen molar-refractivity contribution in [1.29, 1.82) is 0 Å². The molecule has 1 aliphatic carbocycles. The number of hydrogen-bond donors (Lipinski definition) is 1. The van der Waals surface area contributed by atoms with E-state index in [0.717, 1.165) is 11.8 Å². The van der Waals surface area contributed by atoms with Gasteiger partial charge in [0.2, 0.25) is 0 Å². The van der Waals surface area contributed by atoms with Crippen molar-refractivity contribution in [3.63, 3.8) is 0 Å². The maximum atomic E-state index is 11.3. The highest BCUT2D eigenvalue weighted by atomic mass is 32.2. The molecule has 0 spiro atoms. The number of rotatable bonds is 1. The highest BCUT2D eigenvalue weighted by molar-refractivity contribution is 8.14. The van der Waals surface area contributed by atoms with Gasteiger partial charge in [0.25, 0.3) is 5.24 Å². The van der Waals surface area contributed by atoms with E-state index in [1.54, 1.807) is 0 Å². The Bertz CT molecular complexity index is 229. The van der Waals surface area contributed by atoms with Crippen LogP contribution in [0.2, 0.25) is 0 Å². The van der Waals surface area contributed by atoms with Crippen LogP contribution in [-0.4, -0.2) is 16.5 Å². The summed E-state index contributed by atoms with van der Waals surface area (Å²) in [6, 6.07) is 0.469. The van der Waals surface area contributed by atoms with Gasteiger partial charge in [-0.25, -0.2) is 0 Å². The van der Waals surface area contributed by atoms with Gasteiger partial charge in [-0.15, -0.1) is 0 Å². The average molecular weight is 213 g/mol. The first-order chi connectivity index (χ1) is 6.66. The molecule has 80 valence electrons. The van der Waals surface area contributed by atoms with E-state index in [2.05, 4.69) is 19.2 Å². The van der Waals surface area contributed by atoms with Crippen LogP contribution in [0.3, 0.4) is 0 Å². The summed E-state index contributed by atoms with van der Waals surface area (Å²) in [5.74, 6) is 1.59. The molecule has 2 aliphatic rings. The molecule has 1 amide bonds. The van der Waals surface area contributed by atoms with Gasteiger partial charge in [-0.05, 0) is 24.7 Å². The highest BCUT2D eigenvalue weighted by Crippen LogP contribution is 2.38. The van der Waals surface area contributed by atoms with Gasteiger partial charge in [-0.3, -0.25) is 4.79 Å². The van der Waals surface area contributed by atoms with E-state index >= 15 is 0 Å². The Morgan fingerprint density at radius 3 is 2.93 bits per heavy atom. The van der Waals surface area contributed by atoms with Crippen molar-refractivity contribution >= 4 is 17.0 Å². The molecule has 1 saturated heterocycles. The summed E-state index contributed by atoms with van der Waals surface area (Å²) in [5.41, 5.74) is 0. The van der Waals surface area contributed by atoms with Gasteiger partial charge < -0.3 is 5.32 Å². The average Bonchev–Trinajstić information content (AvgIpc) is 2.32. The third-order valence-electron chi connectivity index (χ3n) is 3.58. The van der Waals surface area contributed by atoms with Crippen LogP contribution in [0, 0.1) is 11.8 Å².